The van der Waals surface area contributed by atoms with Crippen molar-refractivity contribution >= 4 is 34.4 Å². The number of H-pyrrole nitrogens is 1. The van der Waals surface area contributed by atoms with Crippen LogP contribution >= 0.6 is 0 Å². The van der Waals surface area contributed by atoms with Crippen molar-refractivity contribution in [1.82, 2.24) is 9.97 Å². The number of benzene rings is 2. The first-order valence-electron chi connectivity index (χ1n) is 8.49. The van der Waals surface area contributed by atoms with Crippen LogP contribution in [-0.2, 0) is 0 Å². The van der Waals surface area contributed by atoms with E-state index in [1.807, 2.05) is 6.08 Å². The molecule has 0 atom stereocenters. The number of carbonyl (C=O) groups is 2. The number of aromatic nitrogens is 2. The number of nitrogens with one attached hydrogen (secondary N) is 2. The molecule has 1 aliphatic heterocycles. The molecule has 1 amide bonds. The zero-order valence-corrected chi connectivity index (χ0v) is 14.5. The van der Waals surface area contributed by atoms with E-state index in [9.17, 15) is 18.4 Å². The number of carbonyl (C=O) groups excluding carboxylic acids is 2. The molecule has 0 unspecified atom stereocenters. The maximum absolute atomic E-state index is 13.3. The summed E-state index contributed by atoms with van der Waals surface area (Å²) >= 11 is 0. The lowest BCUT2D eigenvalue weighted by atomic mass is 10.0. The molecule has 0 saturated carbocycles. The van der Waals surface area contributed by atoms with Crippen LogP contribution in [0.1, 0.15) is 33.6 Å². The smallest absolute Gasteiger partial charge is 0.258 e. The Hall–Kier alpha value is -3.68. The second-order valence-electron chi connectivity index (χ2n) is 6.28. The van der Waals surface area contributed by atoms with E-state index >= 15 is 0 Å². The van der Waals surface area contributed by atoms with E-state index in [0.717, 1.165) is 17.8 Å². The largest absolute Gasteiger partial charge is 0.324 e. The summed E-state index contributed by atoms with van der Waals surface area (Å²) in [6, 6.07) is 7.60. The van der Waals surface area contributed by atoms with Gasteiger partial charge in [0, 0.05) is 41.9 Å². The minimum atomic E-state index is -0.855. The minimum Gasteiger partial charge on any atom is -0.324 e. The summed E-state index contributed by atoms with van der Waals surface area (Å²) < 4.78 is 26.6. The molecule has 0 saturated heterocycles. The van der Waals surface area contributed by atoms with Gasteiger partial charge in [-0.2, -0.15) is 0 Å². The van der Waals surface area contributed by atoms with Crippen molar-refractivity contribution < 1.29 is 18.4 Å². The molecular formula is C20H14F2N4O2. The number of amides is 1. The van der Waals surface area contributed by atoms with Gasteiger partial charge < -0.3 is 4.98 Å². The van der Waals surface area contributed by atoms with E-state index < -0.39 is 17.5 Å². The van der Waals surface area contributed by atoms with Gasteiger partial charge in [0.15, 0.2) is 5.78 Å². The molecule has 0 radical (unpaired) electrons. The van der Waals surface area contributed by atoms with E-state index in [2.05, 4.69) is 20.3 Å². The number of rotatable bonds is 5. The fourth-order valence-corrected chi connectivity index (χ4v) is 2.98. The van der Waals surface area contributed by atoms with Gasteiger partial charge in [0.25, 0.3) is 5.91 Å². The van der Waals surface area contributed by atoms with Crippen molar-refractivity contribution in [2.45, 2.75) is 12.8 Å². The molecule has 2 aromatic carbocycles. The number of anilines is 1. The van der Waals surface area contributed by atoms with Crippen LogP contribution in [0.2, 0.25) is 0 Å². The molecule has 1 aromatic heterocycles. The number of hydrogen-bond donors (Lipinski definition) is 2. The number of Topliss-reactive ketones (excluding diaryl/α,β-unsaturated/α-hetero) is 1. The van der Waals surface area contributed by atoms with E-state index in [1.165, 1.54) is 0 Å². The normalized spacial score (nSPS) is 13.0. The van der Waals surface area contributed by atoms with Crippen LogP contribution in [0.3, 0.4) is 0 Å². The number of hydrogen-bond acceptors (Lipinski definition) is 4. The highest BCUT2D eigenvalue weighted by molar-refractivity contribution is 6.15. The lowest BCUT2D eigenvalue weighted by Gasteiger charge is -2.02. The highest BCUT2D eigenvalue weighted by atomic mass is 19.1. The van der Waals surface area contributed by atoms with E-state index in [4.69, 9.17) is 0 Å². The number of halogens is 2. The van der Waals surface area contributed by atoms with Crippen LogP contribution in [-0.4, -0.2) is 27.4 Å². The number of aliphatic imine (C=N–C) groups is 1. The molecule has 6 nitrogen and oxygen atoms in total. The fourth-order valence-electron chi connectivity index (χ4n) is 2.98. The fraction of sp³-hybridized carbons (Fsp3) is 0.100. The Morgan fingerprint density at radius 2 is 1.93 bits per heavy atom. The van der Waals surface area contributed by atoms with Gasteiger partial charge in [-0.05, 0) is 24.3 Å². The Bertz CT molecular complexity index is 1140. The molecule has 0 aliphatic carbocycles. The molecule has 8 heteroatoms. The van der Waals surface area contributed by atoms with Gasteiger partial charge in [-0.15, -0.1) is 0 Å². The van der Waals surface area contributed by atoms with Crippen molar-refractivity contribution in [2.24, 2.45) is 4.99 Å². The average molecular weight is 380 g/mol. The molecule has 2 N–H and O–H groups in total. The number of allylic oxidation sites excluding steroid dienone is 1. The van der Waals surface area contributed by atoms with Crippen LogP contribution < -0.4 is 5.32 Å². The monoisotopic (exact) mass is 380 g/mol. The molecule has 0 fully saturated rings. The zero-order chi connectivity index (χ0) is 19.7. The Balaban J connectivity index is 1.59. The minimum absolute atomic E-state index is 0.0739. The van der Waals surface area contributed by atoms with Crippen LogP contribution in [0.5, 0.6) is 0 Å². The van der Waals surface area contributed by atoms with E-state index in [0.29, 0.717) is 29.1 Å². The van der Waals surface area contributed by atoms with Crippen molar-refractivity contribution in [1.29, 1.82) is 0 Å². The SMILES string of the molecule is O=C(Nc1nc2c(C(=O)CC3=NC=CC3)cccc2[nH]1)c1cc(F)cc(F)c1. The lowest BCUT2D eigenvalue weighted by molar-refractivity contribution is 0.0999. The topological polar surface area (TPSA) is 87.2 Å². The van der Waals surface area contributed by atoms with Crippen molar-refractivity contribution in [2.75, 3.05) is 5.32 Å². The van der Waals surface area contributed by atoms with E-state index in [-0.39, 0.29) is 23.7 Å². The number of aromatic amines is 1. The van der Waals surface area contributed by atoms with Crippen LogP contribution in [0.25, 0.3) is 11.0 Å². The summed E-state index contributed by atoms with van der Waals surface area (Å²) in [6.07, 6.45) is 4.37. The molecule has 0 spiro atoms. The first-order valence-corrected chi connectivity index (χ1v) is 8.49. The van der Waals surface area contributed by atoms with Crippen LogP contribution in [0.4, 0.5) is 14.7 Å². The Morgan fingerprint density at radius 1 is 1.14 bits per heavy atom. The number of ketones is 1. The Morgan fingerprint density at radius 3 is 2.64 bits per heavy atom. The highest BCUT2D eigenvalue weighted by Crippen LogP contribution is 2.21. The van der Waals surface area contributed by atoms with Crippen LogP contribution in [0.15, 0.2) is 53.7 Å². The summed E-state index contributed by atoms with van der Waals surface area (Å²) in [5.41, 5.74) is 1.96. The molecule has 3 aromatic rings. The third kappa shape index (κ3) is 3.57. The summed E-state index contributed by atoms with van der Waals surface area (Å²) in [6.45, 7) is 0. The van der Waals surface area contributed by atoms with Gasteiger partial charge in [0.1, 0.15) is 17.2 Å². The number of para-hydroxylation sites is 1. The second-order valence-corrected chi connectivity index (χ2v) is 6.28. The number of fused-ring (bicyclic) bond motifs is 1. The van der Waals surface area contributed by atoms with Gasteiger partial charge in [0.2, 0.25) is 5.95 Å². The van der Waals surface area contributed by atoms with Crippen LogP contribution in [0, 0.1) is 11.6 Å². The van der Waals surface area contributed by atoms with Crippen molar-refractivity contribution in [3.8, 4) is 0 Å². The maximum Gasteiger partial charge on any atom is 0.258 e. The Kier molecular flexibility index (Phi) is 4.52. The zero-order valence-electron chi connectivity index (χ0n) is 14.5. The van der Waals surface area contributed by atoms with Gasteiger partial charge in [-0.25, -0.2) is 13.8 Å². The third-order valence-corrected chi connectivity index (χ3v) is 4.25. The van der Waals surface area contributed by atoms with Crippen molar-refractivity contribution in [3.05, 3.63) is 71.4 Å². The van der Waals surface area contributed by atoms with Crippen molar-refractivity contribution in [3.63, 3.8) is 0 Å². The first kappa shape index (κ1) is 17.7. The second kappa shape index (κ2) is 7.15. The van der Waals surface area contributed by atoms with Gasteiger partial charge in [-0.3, -0.25) is 19.9 Å². The molecule has 0 bridgehead atoms. The molecule has 1 aliphatic rings. The standard InChI is InChI=1S/C20H14F2N4O2/c21-12-7-11(8-13(22)9-12)19(28)26-20-24-16-5-1-4-15(18(16)25-20)17(27)10-14-3-2-6-23-14/h1-2,4-9H,3,10H2,(H2,24,25,26,28). The first-order chi connectivity index (χ1) is 13.5. The maximum atomic E-state index is 13.3. The number of nitrogens with zero attached hydrogens (tertiary/aromatic N) is 2. The third-order valence-electron chi connectivity index (χ3n) is 4.25. The van der Waals surface area contributed by atoms with Gasteiger partial charge >= 0.3 is 0 Å². The Labute approximate surface area is 158 Å². The molecule has 4 rings (SSSR count). The summed E-state index contributed by atoms with van der Waals surface area (Å²) in [5, 5.41) is 2.46. The number of imidazole rings is 1. The predicted octanol–water partition coefficient (Wildman–Crippen LogP) is 4.02. The lowest BCUT2D eigenvalue weighted by Crippen LogP contribution is -2.13. The summed E-state index contributed by atoms with van der Waals surface area (Å²) in [4.78, 5) is 36.2. The van der Waals surface area contributed by atoms with Gasteiger partial charge in [0.05, 0.1) is 5.52 Å². The van der Waals surface area contributed by atoms with E-state index in [1.54, 1.807) is 24.4 Å². The molecule has 140 valence electrons. The predicted molar refractivity (Wildman–Crippen MR) is 101 cm³/mol. The molecular weight excluding hydrogens is 366 g/mol. The van der Waals surface area contributed by atoms with Gasteiger partial charge in [-0.1, -0.05) is 12.1 Å². The summed E-state index contributed by atoms with van der Waals surface area (Å²) in [7, 11) is 0. The molecule has 28 heavy (non-hydrogen) atoms. The molecule has 2 heterocycles. The highest BCUT2D eigenvalue weighted by Gasteiger charge is 2.17. The summed E-state index contributed by atoms with van der Waals surface area (Å²) in [5.74, 6) is -2.50. The quantitative estimate of drug-likeness (QED) is 0.655. The average Bonchev–Trinajstić information content (AvgIpc) is 3.29.